The Morgan fingerprint density at radius 3 is 1.31 bits per heavy atom. The molecule has 0 atom stereocenters. The topological polar surface area (TPSA) is 20.2 Å². The smallest absolute Gasteiger partial charge is 0.280 e. The van der Waals surface area contributed by atoms with E-state index in [4.69, 9.17) is 0 Å². The van der Waals surface area contributed by atoms with Crippen molar-refractivity contribution in [2.45, 2.75) is 13.8 Å². The van der Waals surface area contributed by atoms with E-state index >= 15 is 0 Å². The van der Waals surface area contributed by atoms with Gasteiger partial charge in [0.2, 0.25) is 0 Å². The average molecular weight is 227 g/mol. The maximum atomic E-state index is 10.3. The van der Waals surface area contributed by atoms with Gasteiger partial charge in [0.15, 0.2) is 0 Å². The van der Waals surface area contributed by atoms with Gasteiger partial charge in [0.05, 0.1) is 0 Å². The fourth-order valence-corrected chi connectivity index (χ4v) is 2.89. The van der Waals surface area contributed by atoms with Gasteiger partial charge in [-0.3, -0.25) is 0 Å². The van der Waals surface area contributed by atoms with E-state index in [9.17, 15) is 4.80 Å². The van der Waals surface area contributed by atoms with Crippen LogP contribution < -0.4 is 10.4 Å². The predicted molar refractivity (Wildman–Crippen MR) is 69.6 cm³/mol. The van der Waals surface area contributed by atoms with Crippen LogP contribution in [0.2, 0.25) is 0 Å². The van der Waals surface area contributed by atoms with Crippen LogP contribution in [0.15, 0.2) is 48.5 Å². The number of hydrogen-bond acceptors (Lipinski definition) is 1. The van der Waals surface area contributed by atoms with Gasteiger partial charge in [0.25, 0.3) is 9.04 Å². The van der Waals surface area contributed by atoms with Crippen molar-refractivity contribution >= 4 is 19.4 Å². The van der Waals surface area contributed by atoms with Crippen molar-refractivity contribution in [3.8, 4) is 0 Å². The molecule has 0 saturated heterocycles. The highest BCUT2D eigenvalue weighted by Crippen LogP contribution is 1.97. The summed E-state index contributed by atoms with van der Waals surface area (Å²) >= 11 is 0. The Morgan fingerprint density at radius 1 is 0.688 bits per heavy atom. The zero-order chi connectivity index (χ0) is 11.5. The number of benzene rings is 2. The Balaban J connectivity index is 2.28. The molecular weight excluding hydrogens is 212 g/mol. The second-order valence-electron chi connectivity index (χ2n) is 4.08. The predicted octanol–water partition coefficient (Wildman–Crippen LogP) is 1.40. The molecule has 0 heterocycles. The molecule has 2 heteroatoms. The Bertz CT molecular complexity index is 414. The van der Waals surface area contributed by atoms with Crippen molar-refractivity contribution in [1.29, 1.82) is 0 Å². The molecule has 81 valence electrons. The lowest BCUT2D eigenvalue weighted by Gasteiger charge is -2.08. The minimum Gasteiger partial charge on any atom is -0.424 e. The molecule has 1 N–H and O–H groups in total. The fourth-order valence-electron chi connectivity index (χ4n) is 1.59. The van der Waals surface area contributed by atoms with E-state index in [-0.39, 0.29) is 0 Å². The van der Waals surface area contributed by atoms with Gasteiger partial charge in [-0.2, -0.15) is 0 Å². The third kappa shape index (κ3) is 2.40. The van der Waals surface area contributed by atoms with Crippen LogP contribution >= 0.6 is 0 Å². The number of aryl methyl sites for hydroxylation is 2. The first-order valence-electron chi connectivity index (χ1n) is 5.37. The summed E-state index contributed by atoms with van der Waals surface area (Å²) in [5, 5.41) is 2.08. The number of hydrogen-bond donors (Lipinski definition) is 1. The molecule has 1 radical (unpaired) electrons. The van der Waals surface area contributed by atoms with E-state index in [0.29, 0.717) is 0 Å². The lowest BCUT2D eigenvalue weighted by atomic mass is 10.2. The summed E-state index contributed by atoms with van der Waals surface area (Å²) in [6.07, 6.45) is 0. The molecule has 2 rings (SSSR count). The summed E-state index contributed by atoms with van der Waals surface area (Å²) in [6, 6.07) is 16.3. The molecule has 0 amide bonds. The lowest BCUT2D eigenvalue weighted by Crippen LogP contribution is -2.42. The molecule has 0 fully saturated rings. The molecule has 0 aliphatic heterocycles. The monoisotopic (exact) mass is 227 g/mol. The van der Waals surface area contributed by atoms with E-state index in [0.717, 1.165) is 10.4 Å². The van der Waals surface area contributed by atoms with E-state index in [2.05, 4.69) is 13.8 Å². The first-order valence-corrected chi connectivity index (χ1v) is 6.81. The molecule has 0 bridgehead atoms. The highest BCUT2D eigenvalue weighted by molar-refractivity contribution is 6.78. The van der Waals surface area contributed by atoms with E-state index < -0.39 is 9.04 Å². The highest BCUT2D eigenvalue weighted by atomic mass is 28.3. The molecule has 2 aromatic carbocycles. The van der Waals surface area contributed by atoms with Crippen LogP contribution in [0, 0.1) is 13.8 Å². The van der Waals surface area contributed by atoms with Crippen LogP contribution in [0.4, 0.5) is 0 Å². The summed E-state index contributed by atoms with van der Waals surface area (Å²) < 4.78 is 0. The summed E-state index contributed by atoms with van der Waals surface area (Å²) in [4.78, 5) is 10.3. The minimum absolute atomic E-state index is 1.04. The Labute approximate surface area is 98.1 Å². The first kappa shape index (κ1) is 11.1. The Morgan fingerprint density at radius 2 is 1.00 bits per heavy atom. The van der Waals surface area contributed by atoms with Crippen LogP contribution in [-0.2, 0) is 0 Å². The Hall–Kier alpha value is -1.38. The van der Waals surface area contributed by atoms with Gasteiger partial charge >= 0.3 is 0 Å². The van der Waals surface area contributed by atoms with E-state index in [1.54, 1.807) is 0 Å². The average Bonchev–Trinajstić information content (AvgIpc) is 2.30. The lowest BCUT2D eigenvalue weighted by molar-refractivity contribution is 0.600. The normalized spacial score (nSPS) is 10.8. The van der Waals surface area contributed by atoms with Crippen molar-refractivity contribution < 1.29 is 4.80 Å². The fraction of sp³-hybridized carbons (Fsp3) is 0.143. The van der Waals surface area contributed by atoms with Crippen molar-refractivity contribution in [2.24, 2.45) is 0 Å². The van der Waals surface area contributed by atoms with Crippen molar-refractivity contribution in [3.63, 3.8) is 0 Å². The summed E-state index contributed by atoms with van der Waals surface area (Å²) in [6.45, 7) is 4.11. The maximum absolute atomic E-state index is 10.3. The van der Waals surface area contributed by atoms with Gasteiger partial charge in [-0.25, -0.2) is 0 Å². The first-order chi connectivity index (χ1) is 7.66. The largest absolute Gasteiger partial charge is 0.424 e. The van der Waals surface area contributed by atoms with E-state index in [1.165, 1.54) is 11.1 Å². The van der Waals surface area contributed by atoms with Gasteiger partial charge in [0, 0.05) is 0 Å². The zero-order valence-electron chi connectivity index (χ0n) is 9.57. The zero-order valence-corrected chi connectivity index (χ0v) is 10.6. The van der Waals surface area contributed by atoms with Crippen molar-refractivity contribution in [1.82, 2.24) is 0 Å². The summed E-state index contributed by atoms with van der Waals surface area (Å²) in [5.74, 6) is 0. The summed E-state index contributed by atoms with van der Waals surface area (Å²) in [7, 11) is -1.58. The molecule has 0 spiro atoms. The summed E-state index contributed by atoms with van der Waals surface area (Å²) in [5.41, 5.74) is 2.45. The SMILES string of the molecule is Cc1ccc([Si](O)c2ccc(C)cc2)cc1. The molecule has 0 aromatic heterocycles. The molecule has 0 unspecified atom stereocenters. The minimum atomic E-state index is -1.58. The van der Waals surface area contributed by atoms with Gasteiger partial charge in [-0.15, -0.1) is 0 Å². The van der Waals surface area contributed by atoms with Gasteiger partial charge < -0.3 is 4.80 Å². The molecule has 0 saturated carbocycles. The van der Waals surface area contributed by atoms with Crippen LogP contribution in [0.25, 0.3) is 0 Å². The molecule has 0 aliphatic carbocycles. The molecule has 2 aromatic rings. The third-order valence-electron chi connectivity index (χ3n) is 2.65. The second-order valence-corrected chi connectivity index (χ2v) is 5.93. The van der Waals surface area contributed by atoms with Gasteiger partial charge in [0.1, 0.15) is 0 Å². The second kappa shape index (κ2) is 4.64. The van der Waals surface area contributed by atoms with Crippen molar-refractivity contribution in [3.05, 3.63) is 59.7 Å². The van der Waals surface area contributed by atoms with Crippen LogP contribution in [0.1, 0.15) is 11.1 Å². The standard InChI is InChI=1S/C14H15OSi/c1-11-3-7-13(8-4-11)16(15)14-9-5-12(2)6-10-14/h3-10,15H,1-2H3. The molecule has 1 nitrogen and oxygen atoms in total. The molecular formula is C14H15OSi. The number of rotatable bonds is 2. The van der Waals surface area contributed by atoms with Gasteiger partial charge in [-0.05, 0) is 24.2 Å². The van der Waals surface area contributed by atoms with E-state index in [1.807, 2.05) is 48.5 Å². The third-order valence-corrected chi connectivity index (χ3v) is 4.41. The van der Waals surface area contributed by atoms with Crippen LogP contribution in [0.3, 0.4) is 0 Å². The van der Waals surface area contributed by atoms with Crippen molar-refractivity contribution in [2.75, 3.05) is 0 Å². The molecule has 0 aliphatic rings. The van der Waals surface area contributed by atoms with Crippen LogP contribution in [-0.4, -0.2) is 13.8 Å². The quantitative estimate of drug-likeness (QED) is 0.769. The highest BCUT2D eigenvalue weighted by Gasteiger charge is 2.13. The van der Waals surface area contributed by atoms with Crippen LogP contribution in [0.5, 0.6) is 0 Å². The maximum Gasteiger partial charge on any atom is 0.280 e. The molecule has 16 heavy (non-hydrogen) atoms. The Kier molecular flexibility index (Phi) is 3.22. The van der Waals surface area contributed by atoms with Gasteiger partial charge in [-0.1, -0.05) is 59.7 Å².